The molecule has 1 N–H and O–H groups in total. The zero-order valence-corrected chi connectivity index (χ0v) is 19.5. The van der Waals surface area contributed by atoms with Crippen LogP contribution in [-0.4, -0.2) is 43.0 Å². The van der Waals surface area contributed by atoms with Gasteiger partial charge in [0.15, 0.2) is 6.61 Å². The fourth-order valence-corrected chi connectivity index (χ4v) is 3.17. The first kappa shape index (κ1) is 24.8. The van der Waals surface area contributed by atoms with E-state index in [4.69, 9.17) is 32.7 Å². The van der Waals surface area contributed by atoms with Gasteiger partial charge in [-0.15, -0.1) is 0 Å². The first-order chi connectivity index (χ1) is 14.8. The Morgan fingerprint density at radius 1 is 1.06 bits per heavy atom. The highest BCUT2D eigenvalue weighted by atomic mass is 35.5. The number of hydrogen-bond acceptors (Lipinski definition) is 4. The highest BCUT2D eigenvalue weighted by Gasteiger charge is 2.26. The van der Waals surface area contributed by atoms with Gasteiger partial charge in [0.05, 0.1) is 17.2 Å². The minimum atomic E-state index is -0.682. The summed E-state index contributed by atoms with van der Waals surface area (Å²) in [7, 11) is 1.58. The molecule has 0 radical (unpaired) electrons. The van der Waals surface area contributed by atoms with Gasteiger partial charge in [0.1, 0.15) is 17.5 Å². The van der Waals surface area contributed by atoms with Crippen molar-refractivity contribution in [1.82, 2.24) is 10.2 Å². The summed E-state index contributed by atoms with van der Waals surface area (Å²) in [6.45, 7) is 4.30. The number of carbonyl (C=O) groups excluding carboxylic acids is 2. The lowest BCUT2D eigenvalue weighted by atomic mass is 10.1. The van der Waals surface area contributed by atoms with Crippen LogP contribution in [0, 0.1) is 0 Å². The molecule has 0 aliphatic heterocycles. The number of methoxy groups -OCH3 is 1. The highest BCUT2D eigenvalue weighted by molar-refractivity contribution is 6.42. The third-order valence-electron chi connectivity index (χ3n) is 4.76. The molecule has 1 atom stereocenters. The fraction of sp³-hybridized carbons (Fsp3) is 0.391. The molecule has 0 fully saturated rings. The summed E-state index contributed by atoms with van der Waals surface area (Å²) in [4.78, 5) is 27.1. The molecule has 0 spiro atoms. The molecular formula is C23H28Cl2N2O4. The molecule has 0 heterocycles. The van der Waals surface area contributed by atoms with Gasteiger partial charge in [0, 0.05) is 13.1 Å². The lowest BCUT2D eigenvalue weighted by molar-refractivity contribution is -0.142. The van der Waals surface area contributed by atoms with E-state index in [1.54, 1.807) is 56.5 Å². The summed E-state index contributed by atoms with van der Waals surface area (Å²) in [5.74, 6) is 0.687. The Hall–Kier alpha value is -2.44. The van der Waals surface area contributed by atoms with E-state index >= 15 is 0 Å². The van der Waals surface area contributed by atoms with Crippen molar-refractivity contribution in [3.05, 3.63) is 58.1 Å². The molecule has 0 aliphatic carbocycles. The average Bonchev–Trinajstić information content (AvgIpc) is 2.78. The van der Waals surface area contributed by atoms with Crippen LogP contribution in [0.25, 0.3) is 0 Å². The highest BCUT2D eigenvalue weighted by Crippen LogP contribution is 2.24. The normalized spacial score (nSPS) is 11.5. The fourth-order valence-electron chi connectivity index (χ4n) is 2.85. The molecule has 2 amide bonds. The van der Waals surface area contributed by atoms with E-state index in [-0.39, 0.29) is 25.0 Å². The number of hydrogen-bond donors (Lipinski definition) is 1. The Morgan fingerprint density at radius 3 is 2.35 bits per heavy atom. The average molecular weight is 467 g/mol. The van der Waals surface area contributed by atoms with Gasteiger partial charge in [0.2, 0.25) is 5.91 Å². The third-order valence-corrected chi connectivity index (χ3v) is 5.49. The second-order valence-corrected chi connectivity index (χ2v) is 7.87. The predicted molar refractivity (Wildman–Crippen MR) is 123 cm³/mol. The van der Waals surface area contributed by atoms with Crippen molar-refractivity contribution in [3.8, 4) is 11.5 Å². The maximum absolute atomic E-state index is 13.0. The van der Waals surface area contributed by atoms with Crippen LogP contribution >= 0.6 is 23.2 Å². The van der Waals surface area contributed by atoms with Crippen LogP contribution in [0.4, 0.5) is 0 Å². The standard InChI is InChI=1S/C23H28Cl2N2O4/c1-4-5-12-26-23(29)16(2)27(14-17-6-11-20(24)21(25)13-17)22(28)15-31-19-9-7-18(30-3)8-10-19/h6-11,13,16H,4-5,12,14-15H2,1-3H3,(H,26,29). The first-order valence-electron chi connectivity index (χ1n) is 10.1. The van der Waals surface area contributed by atoms with Crippen LogP contribution in [0.3, 0.4) is 0 Å². The molecule has 0 aliphatic rings. The maximum atomic E-state index is 13.0. The third kappa shape index (κ3) is 7.64. The van der Waals surface area contributed by atoms with Crippen molar-refractivity contribution in [2.45, 2.75) is 39.3 Å². The van der Waals surface area contributed by atoms with Crippen LogP contribution in [-0.2, 0) is 16.1 Å². The molecular weight excluding hydrogens is 439 g/mol. The quantitative estimate of drug-likeness (QED) is 0.486. The van der Waals surface area contributed by atoms with Crippen LogP contribution in [0.2, 0.25) is 10.0 Å². The Bertz CT molecular complexity index is 874. The van der Waals surface area contributed by atoms with Gasteiger partial charge in [0.25, 0.3) is 5.91 Å². The Kier molecular flexibility index (Phi) is 9.95. The van der Waals surface area contributed by atoms with Gasteiger partial charge in [-0.25, -0.2) is 0 Å². The van der Waals surface area contributed by atoms with Gasteiger partial charge in [-0.1, -0.05) is 42.6 Å². The number of carbonyl (C=O) groups is 2. The van der Waals surface area contributed by atoms with Crippen LogP contribution < -0.4 is 14.8 Å². The van der Waals surface area contributed by atoms with Crippen molar-refractivity contribution >= 4 is 35.0 Å². The maximum Gasteiger partial charge on any atom is 0.261 e. The molecule has 0 aromatic heterocycles. The number of halogens is 2. The molecule has 1 unspecified atom stereocenters. The van der Waals surface area contributed by atoms with E-state index in [0.717, 1.165) is 18.4 Å². The molecule has 0 saturated carbocycles. The summed E-state index contributed by atoms with van der Waals surface area (Å²) in [6.07, 6.45) is 1.84. The topological polar surface area (TPSA) is 67.9 Å². The lowest BCUT2D eigenvalue weighted by Gasteiger charge is -2.29. The van der Waals surface area contributed by atoms with E-state index in [0.29, 0.717) is 28.1 Å². The number of nitrogens with zero attached hydrogens (tertiary/aromatic N) is 1. The zero-order valence-electron chi connectivity index (χ0n) is 18.0. The van der Waals surface area contributed by atoms with Gasteiger partial charge < -0.3 is 19.7 Å². The molecule has 6 nitrogen and oxygen atoms in total. The number of unbranched alkanes of at least 4 members (excludes halogenated alkanes) is 1. The second kappa shape index (κ2) is 12.4. The summed E-state index contributed by atoms with van der Waals surface area (Å²) < 4.78 is 10.8. The van der Waals surface area contributed by atoms with E-state index in [1.807, 2.05) is 6.92 Å². The van der Waals surface area contributed by atoms with Crippen molar-refractivity contribution in [2.75, 3.05) is 20.3 Å². The van der Waals surface area contributed by atoms with Crippen LogP contribution in [0.15, 0.2) is 42.5 Å². The Labute approximate surface area is 193 Å². The van der Waals surface area contributed by atoms with E-state index in [1.165, 1.54) is 4.90 Å². The van der Waals surface area contributed by atoms with Crippen molar-refractivity contribution < 1.29 is 19.1 Å². The van der Waals surface area contributed by atoms with Gasteiger partial charge >= 0.3 is 0 Å². The smallest absolute Gasteiger partial charge is 0.261 e. The number of nitrogens with one attached hydrogen (secondary N) is 1. The van der Waals surface area contributed by atoms with Gasteiger partial charge in [-0.3, -0.25) is 9.59 Å². The minimum absolute atomic E-state index is 0.198. The second-order valence-electron chi connectivity index (χ2n) is 7.05. The number of benzene rings is 2. The lowest BCUT2D eigenvalue weighted by Crippen LogP contribution is -2.49. The van der Waals surface area contributed by atoms with Crippen LogP contribution in [0.1, 0.15) is 32.3 Å². The summed E-state index contributed by atoms with van der Waals surface area (Å²) in [5.41, 5.74) is 0.764. The summed E-state index contributed by atoms with van der Waals surface area (Å²) in [5, 5.41) is 3.69. The van der Waals surface area contributed by atoms with E-state index < -0.39 is 6.04 Å². The number of rotatable bonds is 11. The molecule has 2 rings (SSSR count). The van der Waals surface area contributed by atoms with E-state index in [9.17, 15) is 9.59 Å². The van der Waals surface area contributed by atoms with Gasteiger partial charge in [-0.2, -0.15) is 0 Å². The monoisotopic (exact) mass is 466 g/mol. The Morgan fingerprint density at radius 2 is 1.74 bits per heavy atom. The minimum Gasteiger partial charge on any atom is -0.497 e. The molecule has 168 valence electrons. The molecule has 2 aromatic rings. The predicted octanol–water partition coefficient (Wildman–Crippen LogP) is 4.71. The molecule has 0 saturated heterocycles. The SMILES string of the molecule is CCCCNC(=O)C(C)N(Cc1ccc(Cl)c(Cl)c1)C(=O)COc1ccc(OC)cc1. The summed E-state index contributed by atoms with van der Waals surface area (Å²) >= 11 is 12.1. The number of ether oxygens (including phenoxy) is 2. The first-order valence-corrected chi connectivity index (χ1v) is 10.9. The Balaban J connectivity index is 2.12. The zero-order chi connectivity index (χ0) is 22.8. The van der Waals surface area contributed by atoms with Crippen molar-refractivity contribution in [3.63, 3.8) is 0 Å². The summed E-state index contributed by atoms with van der Waals surface area (Å²) in [6, 6.07) is 11.4. The largest absolute Gasteiger partial charge is 0.497 e. The molecule has 0 bridgehead atoms. The molecule has 2 aromatic carbocycles. The van der Waals surface area contributed by atoms with Crippen LogP contribution in [0.5, 0.6) is 11.5 Å². The van der Waals surface area contributed by atoms with E-state index in [2.05, 4.69) is 5.32 Å². The van der Waals surface area contributed by atoms with Crippen molar-refractivity contribution in [2.24, 2.45) is 0 Å². The molecule has 8 heteroatoms. The molecule has 31 heavy (non-hydrogen) atoms. The van der Waals surface area contributed by atoms with Crippen molar-refractivity contribution in [1.29, 1.82) is 0 Å². The van der Waals surface area contributed by atoms with Gasteiger partial charge in [-0.05, 0) is 55.3 Å². The number of amides is 2.